The van der Waals surface area contributed by atoms with Crippen molar-refractivity contribution in [2.45, 2.75) is 33.3 Å². The molecule has 0 aromatic heterocycles. The molecule has 0 heterocycles. The van der Waals surface area contributed by atoms with Crippen LogP contribution in [0, 0.1) is 11.8 Å². The predicted molar refractivity (Wildman–Crippen MR) is 94.1 cm³/mol. The zero-order chi connectivity index (χ0) is 17.2. The van der Waals surface area contributed by atoms with E-state index in [0.29, 0.717) is 18.4 Å². The smallest absolute Gasteiger partial charge is 0.339 e. The first-order valence-electron chi connectivity index (χ1n) is 8.03. The Morgan fingerprint density at radius 3 is 2.43 bits per heavy atom. The van der Waals surface area contributed by atoms with E-state index < -0.39 is 6.10 Å². The van der Waals surface area contributed by atoms with Gasteiger partial charge in [0.25, 0.3) is 0 Å². The fourth-order valence-electron chi connectivity index (χ4n) is 2.31. The highest BCUT2D eigenvalue weighted by Gasteiger charge is 2.21. The number of carbonyl (C=O) groups excluding carboxylic acids is 1. The van der Waals surface area contributed by atoms with Gasteiger partial charge in [-0.25, -0.2) is 4.79 Å². The first-order chi connectivity index (χ1) is 11.0. The number of ether oxygens (including phenoxy) is 2. The van der Waals surface area contributed by atoms with E-state index in [-0.39, 0.29) is 5.97 Å². The second kappa shape index (κ2) is 10.0. The Hall–Kier alpha value is -1.87. The lowest BCUT2D eigenvalue weighted by Crippen LogP contribution is -2.19. The average molecular weight is 316 g/mol. The van der Waals surface area contributed by atoms with E-state index in [4.69, 9.17) is 9.47 Å². The molecule has 1 aromatic carbocycles. The van der Waals surface area contributed by atoms with Crippen LogP contribution < -0.4 is 0 Å². The average Bonchev–Trinajstić information content (AvgIpc) is 2.51. The van der Waals surface area contributed by atoms with Gasteiger partial charge in [-0.1, -0.05) is 68.5 Å². The van der Waals surface area contributed by atoms with Gasteiger partial charge < -0.3 is 9.47 Å². The third-order valence-corrected chi connectivity index (χ3v) is 3.73. The fraction of sp³-hybridized carbons (Fsp3) is 0.450. The Labute approximate surface area is 140 Å². The SMILES string of the molecule is C=C(C)/C=C/[C@@H](CCOC(=O)[C@@H](OC)c1ccccc1)C(C)C. The monoisotopic (exact) mass is 316 g/mol. The molecule has 0 amide bonds. The largest absolute Gasteiger partial charge is 0.463 e. The van der Waals surface area contributed by atoms with Crippen LogP contribution in [0.5, 0.6) is 0 Å². The number of hydrogen-bond donors (Lipinski definition) is 0. The van der Waals surface area contributed by atoms with Crippen molar-refractivity contribution in [1.29, 1.82) is 0 Å². The van der Waals surface area contributed by atoms with Crippen molar-refractivity contribution in [1.82, 2.24) is 0 Å². The molecule has 1 aromatic rings. The number of hydrogen-bond acceptors (Lipinski definition) is 3. The van der Waals surface area contributed by atoms with Gasteiger partial charge in [-0.05, 0) is 30.7 Å². The summed E-state index contributed by atoms with van der Waals surface area (Å²) in [4.78, 5) is 12.2. The first-order valence-corrected chi connectivity index (χ1v) is 8.03. The molecule has 0 spiro atoms. The molecule has 0 bridgehead atoms. The van der Waals surface area contributed by atoms with Crippen LogP contribution >= 0.6 is 0 Å². The van der Waals surface area contributed by atoms with E-state index in [0.717, 1.165) is 17.6 Å². The van der Waals surface area contributed by atoms with Crippen LogP contribution in [0.25, 0.3) is 0 Å². The molecular formula is C20H28O3. The number of carbonyl (C=O) groups is 1. The molecule has 126 valence electrons. The molecule has 2 atom stereocenters. The quantitative estimate of drug-likeness (QED) is 0.489. The maximum absolute atomic E-state index is 12.2. The third-order valence-electron chi connectivity index (χ3n) is 3.73. The Bertz CT molecular complexity index is 517. The summed E-state index contributed by atoms with van der Waals surface area (Å²) in [5.74, 6) is 0.499. The Kier molecular flexibility index (Phi) is 8.35. The van der Waals surface area contributed by atoms with Crippen molar-refractivity contribution in [3.8, 4) is 0 Å². The van der Waals surface area contributed by atoms with Crippen molar-refractivity contribution < 1.29 is 14.3 Å². The third kappa shape index (κ3) is 6.83. The van der Waals surface area contributed by atoms with Crippen molar-refractivity contribution in [3.05, 3.63) is 60.2 Å². The normalized spacial score (nSPS) is 14.0. The van der Waals surface area contributed by atoms with Gasteiger partial charge in [0.2, 0.25) is 0 Å². The highest BCUT2D eigenvalue weighted by atomic mass is 16.6. The summed E-state index contributed by atoms with van der Waals surface area (Å²) in [5.41, 5.74) is 1.83. The number of allylic oxidation sites excluding steroid dienone is 3. The van der Waals surface area contributed by atoms with Crippen molar-refractivity contribution in [2.24, 2.45) is 11.8 Å². The summed E-state index contributed by atoms with van der Waals surface area (Å²) >= 11 is 0. The van der Waals surface area contributed by atoms with Gasteiger partial charge >= 0.3 is 5.97 Å². The van der Waals surface area contributed by atoms with Gasteiger partial charge in [0.05, 0.1) is 6.61 Å². The second-order valence-corrected chi connectivity index (χ2v) is 6.10. The lowest BCUT2D eigenvalue weighted by atomic mass is 9.92. The van der Waals surface area contributed by atoms with E-state index >= 15 is 0 Å². The lowest BCUT2D eigenvalue weighted by Gasteiger charge is -2.19. The van der Waals surface area contributed by atoms with Crippen LogP contribution in [0.1, 0.15) is 38.9 Å². The molecule has 0 saturated carbocycles. The van der Waals surface area contributed by atoms with Gasteiger partial charge in [-0.15, -0.1) is 0 Å². The van der Waals surface area contributed by atoms with Gasteiger partial charge in [0.1, 0.15) is 0 Å². The van der Waals surface area contributed by atoms with Crippen LogP contribution in [0.15, 0.2) is 54.6 Å². The predicted octanol–water partition coefficient (Wildman–Crippen LogP) is 4.71. The minimum atomic E-state index is -0.667. The molecule has 1 rings (SSSR count). The van der Waals surface area contributed by atoms with E-state index in [1.165, 1.54) is 7.11 Å². The van der Waals surface area contributed by atoms with Crippen molar-refractivity contribution in [3.63, 3.8) is 0 Å². The molecule has 23 heavy (non-hydrogen) atoms. The summed E-state index contributed by atoms with van der Waals surface area (Å²) < 4.78 is 10.7. The Morgan fingerprint density at radius 1 is 1.26 bits per heavy atom. The van der Waals surface area contributed by atoms with Crippen molar-refractivity contribution in [2.75, 3.05) is 13.7 Å². The van der Waals surface area contributed by atoms with E-state index in [2.05, 4.69) is 26.5 Å². The molecule has 0 radical (unpaired) electrons. The lowest BCUT2D eigenvalue weighted by molar-refractivity contribution is -0.156. The minimum Gasteiger partial charge on any atom is -0.463 e. The van der Waals surface area contributed by atoms with Crippen LogP contribution in [-0.2, 0) is 14.3 Å². The zero-order valence-electron chi connectivity index (χ0n) is 14.6. The Balaban J connectivity index is 2.55. The minimum absolute atomic E-state index is 0.343. The molecular weight excluding hydrogens is 288 g/mol. The van der Waals surface area contributed by atoms with Gasteiger partial charge in [0.15, 0.2) is 6.10 Å². The van der Waals surface area contributed by atoms with Crippen LogP contribution in [-0.4, -0.2) is 19.7 Å². The van der Waals surface area contributed by atoms with Gasteiger partial charge in [0, 0.05) is 7.11 Å². The van der Waals surface area contributed by atoms with Crippen LogP contribution in [0.4, 0.5) is 0 Å². The molecule has 0 aliphatic heterocycles. The number of methoxy groups -OCH3 is 1. The van der Waals surface area contributed by atoms with E-state index in [9.17, 15) is 4.79 Å². The molecule has 0 fully saturated rings. The first kappa shape index (κ1) is 19.2. The van der Waals surface area contributed by atoms with E-state index in [1.54, 1.807) is 0 Å². The maximum Gasteiger partial charge on any atom is 0.339 e. The summed E-state index contributed by atoms with van der Waals surface area (Å²) in [6, 6.07) is 9.39. The standard InChI is InChI=1S/C20H28O3/c1-15(2)11-12-17(16(3)4)13-14-23-20(21)19(22-5)18-9-7-6-8-10-18/h6-12,16-17,19H,1,13-14H2,2-5H3/b12-11+/t17-,19-/m0/s1. The second-order valence-electron chi connectivity index (χ2n) is 6.10. The summed E-state index contributed by atoms with van der Waals surface area (Å²) in [6.07, 6.45) is 4.29. The van der Waals surface area contributed by atoms with E-state index in [1.807, 2.05) is 43.3 Å². The fourth-order valence-corrected chi connectivity index (χ4v) is 2.31. The van der Waals surface area contributed by atoms with Gasteiger partial charge in [-0.2, -0.15) is 0 Å². The topological polar surface area (TPSA) is 35.5 Å². The van der Waals surface area contributed by atoms with Crippen LogP contribution in [0.3, 0.4) is 0 Å². The molecule has 3 nitrogen and oxygen atoms in total. The summed E-state index contributed by atoms with van der Waals surface area (Å²) in [7, 11) is 1.52. The molecule has 0 aliphatic rings. The summed E-state index contributed by atoms with van der Waals surface area (Å²) in [5, 5.41) is 0. The maximum atomic E-state index is 12.2. The highest BCUT2D eigenvalue weighted by molar-refractivity contribution is 5.76. The summed E-state index contributed by atoms with van der Waals surface area (Å²) in [6.45, 7) is 10.6. The van der Waals surface area contributed by atoms with Crippen molar-refractivity contribution >= 4 is 5.97 Å². The number of rotatable bonds is 9. The molecule has 0 saturated heterocycles. The zero-order valence-corrected chi connectivity index (χ0v) is 14.6. The highest BCUT2D eigenvalue weighted by Crippen LogP contribution is 2.20. The number of esters is 1. The van der Waals surface area contributed by atoms with Crippen LogP contribution in [0.2, 0.25) is 0 Å². The van der Waals surface area contributed by atoms with Gasteiger partial charge in [-0.3, -0.25) is 0 Å². The molecule has 0 unspecified atom stereocenters. The Morgan fingerprint density at radius 2 is 1.91 bits per heavy atom. The number of benzene rings is 1. The molecule has 3 heteroatoms. The molecule has 0 aliphatic carbocycles. The molecule has 0 N–H and O–H groups in total.